The molecular weight excluding hydrogens is 564 g/mol. The highest BCUT2D eigenvalue weighted by atomic mass is 16.5. The number of carboxylic acids is 2. The van der Waals surface area contributed by atoms with Gasteiger partial charge in [0.15, 0.2) is 23.7 Å². The summed E-state index contributed by atoms with van der Waals surface area (Å²) in [5.41, 5.74) is 1.26. The third-order valence-electron chi connectivity index (χ3n) is 10.5. The summed E-state index contributed by atoms with van der Waals surface area (Å²) < 4.78 is 6.50. The number of phenolic OH excluding ortho intramolecular Hbond substituents is 1. The summed E-state index contributed by atoms with van der Waals surface area (Å²) in [6.07, 6.45) is -0.133. The van der Waals surface area contributed by atoms with Crippen LogP contribution in [0.15, 0.2) is 23.3 Å². The fourth-order valence-electron chi connectivity index (χ4n) is 8.07. The molecule has 0 aromatic heterocycles. The minimum absolute atomic E-state index is 0.0199. The van der Waals surface area contributed by atoms with Crippen LogP contribution in [0.4, 0.5) is 0 Å². The van der Waals surface area contributed by atoms with E-state index >= 15 is 0 Å². The van der Waals surface area contributed by atoms with Gasteiger partial charge >= 0.3 is 11.9 Å². The first-order valence-electron chi connectivity index (χ1n) is 14.6. The summed E-state index contributed by atoms with van der Waals surface area (Å²) in [6, 6.07) is 3.17. The van der Waals surface area contributed by atoms with E-state index in [0.29, 0.717) is 36.2 Å². The Morgan fingerprint density at radius 3 is 2.16 bits per heavy atom. The smallest absolute Gasteiger partial charge is 0.335 e. The zero-order chi connectivity index (χ0) is 31.2. The van der Waals surface area contributed by atoms with Gasteiger partial charge in [-0.15, -0.1) is 0 Å². The fraction of sp³-hybridized carbons (Fsp3) is 0.600. The maximum absolute atomic E-state index is 13.1. The van der Waals surface area contributed by atoms with Gasteiger partial charge in [0, 0.05) is 29.3 Å². The van der Waals surface area contributed by atoms with E-state index in [1.54, 1.807) is 19.9 Å². The van der Waals surface area contributed by atoms with E-state index in [0.717, 1.165) is 36.6 Å². The third kappa shape index (κ3) is 4.12. The summed E-state index contributed by atoms with van der Waals surface area (Å²) in [6.45, 7) is 5.27. The fourth-order valence-corrected chi connectivity index (χ4v) is 8.07. The van der Waals surface area contributed by atoms with Gasteiger partial charge in [-0.2, -0.15) is 0 Å². The molecule has 13 nitrogen and oxygen atoms in total. The Labute approximate surface area is 247 Å². The lowest BCUT2D eigenvalue weighted by atomic mass is 9.48. The Bertz CT molecular complexity index is 1410. The lowest BCUT2D eigenvalue weighted by Gasteiger charge is -2.64. The summed E-state index contributed by atoms with van der Waals surface area (Å²) in [4.78, 5) is 49.6. The second kappa shape index (κ2) is 10.0. The molecule has 13 heteroatoms. The zero-order valence-electron chi connectivity index (χ0n) is 23.9. The number of imide groups is 1. The van der Waals surface area contributed by atoms with Crippen LogP contribution in [-0.4, -0.2) is 113 Å². The van der Waals surface area contributed by atoms with Crippen molar-refractivity contribution in [3.05, 3.63) is 34.4 Å². The van der Waals surface area contributed by atoms with Crippen molar-refractivity contribution in [3.8, 4) is 11.5 Å². The van der Waals surface area contributed by atoms with Crippen LogP contribution in [0.2, 0.25) is 0 Å². The van der Waals surface area contributed by atoms with Crippen molar-refractivity contribution in [1.29, 1.82) is 0 Å². The second-order valence-electron chi connectivity index (χ2n) is 12.7. The van der Waals surface area contributed by atoms with Gasteiger partial charge in [0.1, 0.15) is 6.10 Å². The van der Waals surface area contributed by atoms with Crippen LogP contribution >= 0.6 is 0 Å². The number of rotatable bonds is 6. The number of hydrogen-bond acceptors (Lipinski definition) is 10. The summed E-state index contributed by atoms with van der Waals surface area (Å²) >= 11 is 0. The van der Waals surface area contributed by atoms with Crippen LogP contribution in [0.3, 0.4) is 0 Å². The van der Waals surface area contributed by atoms with E-state index in [1.165, 1.54) is 17.7 Å². The highest BCUT2D eigenvalue weighted by molar-refractivity contribution is 6.19. The molecule has 43 heavy (non-hydrogen) atoms. The summed E-state index contributed by atoms with van der Waals surface area (Å²) in [5.74, 6) is -2.81. The number of benzene rings is 1. The molecule has 6 aliphatic rings. The number of carboxylic acid groups (broad SMARTS) is 2. The zero-order valence-corrected chi connectivity index (χ0v) is 23.9. The van der Waals surface area contributed by atoms with Crippen LogP contribution in [0.1, 0.15) is 57.1 Å². The minimum atomic E-state index is -2.27. The molecule has 3 aliphatic carbocycles. The summed E-state index contributed by atoms with van der Waals surface area (Å²) in [5, 5.41) is 55.8. The maximum atomic E-state index is 13.1. The van der Waals surface area contributed by atoms with Crippen molar-refractivity contribution in [1.82, 2.24) is 9.80 Å². The first kappa shape index (κ1) is 29.5. The highest BCUT2D eigenvalue weighted by Gasteiger charge is 2.74. The first-order valence-corrected chi connectivity index (χ1v) is 14.6. The lowest BCUT2D eigenvalue weighted by molar-refractivity contribution is -0.201. The van der Waals surface area contributed by atoms with Crippen LogP contribution in [0.5, 0.6) is 11.5 Å². The number of likely N-dealkylation sites (tertiary alicyclic amines) is 1. The number of aromatic hydroxyl groups is 1. The minimum Gasteiger partial charge on any atom is -0.504 e. The molecule has 3 unspecified atom stereocenters. The average Bonchev–Trinajstić information content (AvgIpc) is 3.68. The molecule has 0 radical (unpaired) electrons. The molecule has 3 heterocycles. The maximum Gasteiger partial charge on any atom is 0.335 e. The number of ether oxygens (including phenoxy) is 1. The Kier molecular flexibility index (Phi) is 6.88. The van der Waals surface area contributed by atoms with Gasteiger partial charge in [0.2, 0.25) is 0 Å². The molecule has 3 fully saturated rings. The van der Waals surface area contributed by atoms with E-state index in [4.69, 9.17) is 25.2 Å². The van der Waals surface area contributed by atoms with Crippen molar-refractivity contribution >= 4 is 23.8 Å². The van der Waals surface area contributed by atoms with Gasteiger partial charge in [-0.05, 0) is 76.5 Å². The molecular formula is C30H36N2O11. The molecule has 232 valence electrons. The van der Waals surface area contributed by atoms with Crippen LogP contribution < -0.4 is 4.74 Å². The molecule has 2 saturated carbocycles. The number of amides is 2. The van der Waals surface area contributed by atoms with E-state index in [-0.39, 0.29) is 23.6 Å². The number of nitrogens with zero attached hydrogens (tertiary/aromatic N) is 2. The SMILES string of the molecule is CC1=C(C)C(=O)N([C@@H]2CCC3(O)[C@H]4Cc5ccc(O)c6c5[C@@]3(CCN4CC3CC3)[C@H]2O6)C1=O.O=C(O)C(O)C(O)C(=O)O. The highest BCUT2D eigenvalue weighted by Crippen LogP contribution is 2.66. The van der Waals surface area contributed by atoms with Crippen LogP contribution in [0.25, 0.3) is 0 Å². The Hall–Kier alpha value is -3.52. The van der Waals surface area contributed by atoms with E-state index < -0.39 is 47.3 Å². The molecule has 1 spiro atoms. The molecule has 1 aromatic rings. The van der Waals surface area contributed by atoms with Crippen molar-refractivity contribution in [2.45, 2.75) is 93.8 Å². The largest absolute Gasteiger partial charge is 0.504 e. The van der Waals surface area contributed by atoms with Gasteiger partial charge in [-0.1, -0.05) is 6.07 Å². The number of carbonyl (C=O) groups is 4. The van der Waals surface area contributed by atoms with Crippen molar-refractivity contribution < 1.29 is 54.6 Å². The lowest BCUT2D eigenvalue weighted by Crippen LogP contribution is -2.78. The van der Waals surface area contributed by atoms with E-state index in [9.17, 15) is 29.4 Å². The number of aliphatic hydroxyl groups is 3. The number of aliphatic hydroxyl groups excluding tert-OH is 2. The third-order valence-corrected chi connectivity index (χ3v) is 10.5. The van der Waals surface area contributed by atoms with Gasteiger partial charge in [0.25, 0.3) is 11.8 Å². The van der Waals surface area contributed by atoms with Gasteiger partial charge < -0.3 is 35.4 Å². The van der Waals surface area contributed by atoms with Gasteiger partial charge in [0.05, 0.1) is 17.1 Å². The van der Waals surface area contributed by atoms with Crippen molar-refractivity contribution in [2.24, 2.45) is 5.92 Å². The monoisotopic (exact) mass is 600 g/mol. The average molecular weight is 601 g/mol. The Balaban J connectivity index is 0.000000286. The quantitative estimate of drug-likeness (QED) is 0.237. The molecule has 1 aromatic carbocycles. The van der Waals surface area contributed by atoms with Crippen molar-refractivity contribution in [3.63, 3.8) is 0 Å². The van der Waals surface area contributed by atoms with Crippen molar-refractivity contribution in [2.75, 3.05) is 13.1 Å². The predicted molar refractivity (Wildman–Crippen MR) is 146 cm³/mol. The Morgan fingerprint density at radius 2 is 1.60 bits per heavy atom. The normalized spacial score (nSPS) is 33.8. The van der Waals surface area contributed by atoms with E-state index in [2.05, 4.69) is 4.90 Å². The number of carbonyl (C=O) groups excluding carboxylic acids is 2. The molecule has 7 atom stereocenters. The van der Waals surface area contributed by atoms with Gasteiger partial charge in [-0.3, -0.25) is 19.4 Å². The second-order valence-corrected chi connectivity index (χ2v) is 12.7. The molecule has 6 N–H and O–H groups in total. The van der Waals surface area contributed by atoms with Gasteiger partial charge in [-0.25, -0.2) is 9.59 Å². The Morgan fingerprint density at radius 1 is 1.00 bits per heavy atom. The first-order chi connectivity index (χ1) is 20.2. The predicted octanol–water partition coefficient (Wildman–Crippen LogP) is -0.0925. The van der Waals surface area contributed by atoms with Crippen LogP contribution in [-0.2, 0) is 31.0 Å². The molecule has 1 saturated heterocycles. The summed E-state index contributed by atoms with van der Waals surface area (Å²) in [7, 11) is 0. The number of aliphatic carboxylic acids is 2. The molecule has 3 aliphatic heterocycles. The number of phenols is 1. The molecule has 2 bridgehead atoms. The van der Waals surface area contributed by atoms with E-state index in [1.807, 2.05) is 6.07 Å². The number of hydrogen-bond donors (Lipinski definition) is 6. The molecule has 2 amide bonds. The topological polar surface area (TPSA) is 205 Å². The standard InChI is InChI=1S/C26H30N2O5.C4H6O6/c1-13-14(2)24(31)28(23(13)30)17-7-8-26(32)19-11-16-5-6-18(29)21-20(16)25(26,22(17)33-21)9-10-27(19)12-15-3-4-15;5-1(3(7)8)2(6)4(9)10/h5-6,15,17,19,22,29,32H,3-4,7-12H2,1-2H3;1-2,5-6H,(H,7,8)(H,9,10)/t17-,19-,22+,25+,26?;/m1./s1. The molecule has 7 rings (SSSR count). The number of piperidine rings is 1. The van der Waals surface area contributed by atoms with Crippen LogP contribution in [0, 0.1) is 5.92 Å².